The Morgan fingerprint density at radius 2 is 2.46 bits per heavy atom. The van der Waals surface area contributed by atoms with Crippen molar-refractivity contribution in [2.24, 2.45) is 11.8 Å². The minimum atomic E-state index is -0.166. The summed E-state index contributed by atoms with van der Waals surface area (Å²) in [6.07, 6.45) is 3.29. The molecule has 0 aliphatic heterocycles. The third-order valence-corrected chi connectivity index (χ3v) is 2.47. The standard InChI is InChI=1S/C10H13NO2/c1-7-5-8(6-11)3-4-9(7)10(12)13-2/h5,7,9H,3-4H2,1-2H3. The number of allylic oxidation sites excluding steroid dienone is 2. The fourth-order valence-electron chi connectivity index (χ4n) is 1.67. The Labute approximate surface area is 78.0 Å². The lowest BCUT2D eigenvalue weighted by Gasteiger charge is -2.23. The van der Waals surface area contributed by atoms with Crippen LogP contribution in [0.25, 0.3) is 0 Å². The van der Waals surface area contributed by atoms with Gasteiger partial charge in [0.15, 0.2) is 0 Å². The Morgan fingerprint density at radius 1 is 1.77 bits per heavy atom. The molecule has 3 nitrogen and oxygen atoms in total. The molecule has 3 heteroatoms. The summed E-state index contributed by atoms with van der Waals surface area (Å²) in [5.74, 6) is -0.112. The average Bonchev–Trinajstić information content (AvgIpc) is 2.16. The third kappa shape index (κ3) is 2.09. The molecule has 13 heavy (non-hydrogen) atoms. The highest BCUT2D eigenvalue weighted by Crippen LogP contribution is 2.28. The predicted molar refractivity (Wildman–Crippen MR) is 47.6 cm³/mol. The van der Waals surface area contributed by atoms with Crippen molar-refractivity contribution < 1.29 is 9.53 Å². The van der Waals surface area contributed by atoms with Crippen molar-refractivity contribution >= 4 is 5.97 Å². The number of methoxy groups -OCH3 is 1. The largest absolute Gasteiger partial charge is 0.469 e. The summed E-state index contributed by atoms with van der Waals surface area (Å²) in [4.78, 5) is 11.2. The van der Waals surface area contributed by atoms with Crippen LogP contribution >= 0.6 is 0 Å². The Balaban J connectivity index is 2.71. The lowest BCUT2D eigenvalue weighted by molar-refractivity contribution is -0.147. The Morgan fingerprint density at radius 3 is 2.92 bits per heavy atom. The van der Waals surface area contributed by atoms with Crippen LogP contribution in [0.1, 0.15) is 19.8 Å². The van der Waals surface area contributed by atoms with E-state index in [4.69, 9.17) is 5.26 Å². The van der Waals surface area contributed by atoms with Gasteiger partial charge in [-0.2, -0.15) is 5.26 Å². The zero-order valence-electron chi connectivity index (χ0n) is 7.91. The van der Waals surface area contributed by atoms with Crippen LogP contribution in [0.2, 0.25) is 0 Å². The van der Waals surface area contributed by atoms with Crippen LogP contribution < -0.4 is 0 Å². The maximum atomic E-state index is 11.2. The number of rotatable bonds is 1. The van der Waals surface area contributed by atoms with E-state index >= 15 is 0 Å². The van der Waals surface area contributed by atoms with Crippen LogP contribution in [0, 0.1) is 23.2 Å². The highest BCUT2D eigenvalue weighted by Gasteiger charge is 2.28. The van der Waals surface area contributed by atoms with Crippen LogP contribution in [0.3, 0.4) is 0 Å². The summed E-state index contributed by atoms with van der Waals surface area (Å²) < 4.78 is 4.68. The zero-order valence-corrected chi connectivity index (χ0v) is 7.91. The van der Waals surface area contributed by atoms with E-state index in [1.807, 2.05) is 13.0 Å². The van der Waals surface area contributed by atoms with E-state index in [2.05, 4.69) is 10.8 Å². The van der Waals surface area contributed by atoms with E-state index in [9.17, 15) is 4.79 Å². The molecule has 0 amide bonds. The third-order valence-electron chi connectivity index (χ3n) is 2.47. The van der Waals surface area contributed by atoms with Crippen LogP contribution in [-0.4, -0.2) is 13.1 Å². The number of nitrogens with zero attached hydrogens (tertiary/aromatic N) is 1. The second-order valence-corrected chi connectivity index (χ2v) is 3.33. The summed E-state index contributed by atoms with van der Waals surface area (Å²) in [5, 5.41) is 8.66. The van der Waals surface area contributed by atoms with Crippen molar-refractivity contribution in [3.63, 3.8) is 0 Å². The lowest BCUT2D eigenvalue weighted by Crippen LogP contribution is -2.25. The number of hydrogen-bond donors (Lipinski definition) is 0. The fourth-order valence-corrected chi connectivity index (χ4v) is 1.67. The topological polar surface area (TPSA) is 50.1 Å². The summed E-state index contributed by atoms with van der Waals surface area (Å²) in [7, 11) is 1.40. The van der Waals surface area contributed by atoms with E-state index in [1.165, 1.54) is 7.11 Å². The van der Waals surface area contributed by atoms with Crippen molar-refractivity contribution in [1.29, 1.82) is 5.26 Å². The summed E-state index contributed by atoms with van der Waals surface area (Å²) in [5.41, 5.74) is 0.785. The summed E-state index contributed by atoms with van der Waals surface area (Å²) in [6.45, 7) is 1.94. The molecule has 2 unspecified atom stereocenters. The number of esters is 1. The first-order chi connectivity index (χ1) is 6.19. The molecular weight excluding hydrogens is 166 g/mol. The molecule has 0 aromatic heterocycles. The molecule has 0 fully saturated rings. The van der Waals surface area contributed by atoms with Gasteiger partial charge in [0.25, 0.3) is 0 Å². The van der Waals surface area contributed by atoms with Crippen molar-refractivity contribution in [2.75, 3.05) is 7.11 Å². The molecule has 2 atom stereocenters. The van der Waals surface area contributed by atoms with Crippen LogP contribution in [-0.2, 0) is 9.53 Å². The Bertz CT molecular complexity index is 275. The van der Waals surface area contributed by atoms with Gasteiger partial charge in [-0.25, -0.2) is 0 Å². The molecule has 0 saturated heterocycles. The first kappa shape index (κ1) is 9.79. The minimum absolute atomic E-state index is 0.0675. The highest BCUT2D eigenvalue weighted by atomic mass is 16.5. The van der Waals surface area contributed by atoms with Gasteiger partial charge in [0.05, 0.1) is 19.1 Å². The van der Waals surface area contributed by atoms with Gasteiger partial charge >= 0.3 is 5.97 Å². The molecule has 1 aliphatic rings. The van der Waals surface area contributed by atoms with Gasteiger partial charge in [0.2, 0.25) is 0 Å². The quantitative estimate of drug-likeness (QED) is 0.575. The normalized spacial score (nSPS) is 27.3. The molecule has 0 N–H and O–H groups in total. The molecule has 0 radical (unpaired) electrons. The number of carbonyl (C=O) groups excluding carboxylic acids is 1. The van der Waals surface area contributed by atoms with E-state index in [1.54, 1.807) is 0 Å². The predicted octanol–water partition coefficient (Wildman–Crippen LogP) is 1.66. The van der Waals surface area contributed by atoms with Gasteiger partial charge in [-0.05, 0) is 18.8 Å². The maximum absolute atomic E-state index is 11.2. The minimum Gasteiger partial charge on any atom is -0.469 e. The monoisotopic (exact) mass is 179 g/mol. The molecule has 1 aliphatic carbocycles. The van der Waals surface area contributed by atoms with Crippen molar-refractivity contribution in [1.82, 2.24) is 0 Å². The van der Waals surface area contributed by atoms with Crippen molar-refractivity contribution in [3.05, 3.63) is 11.6 Å². The fraction of sp³-hybridized carbons (Fsp3) is 0.600. The summed E-state index contributed by atoms with van der Waals surface area (Å²) >= 11 is 0. The zero-order chi connectivity index (χ0) is 9.84. The van der Waals surface area contributed by atoms with Crippen LogP contribution in [0.4, 0.5) is 0 Å². The van der Waals surface area contributed by atoms with Gasteiger partial charge in [-0.3, -0.25) is 4.79 Å². The number of ether oxygens (including phenoxy) is 1. The molecule has 0 aromatic carbocycles. The second-order valence-electron chi connectivity index (χ2n) is 3.33. The summed E-state index contributed by atoms with van der Waals surface area (Å²) in [6, 6.07) is 2.12. The molecular formula is C10H13NO2. The molecule has 1 rings (SSSR count). The number of hydrogen-bond acceptors (Lipinski definition) is 3. The van der Waals surface area contributed by atoms with Gasteiger partial charge < -0.3 is 4.74 Å². The SMILES string of the molecule is COC(=O)C1CCC(C#N)=CC1C. The van der Waals surface area contributed by atoms with Gasteiger partial charge in [-0.15, -0.1) is 0 Å². The van der Waals surface area contributed by atoms with Gasteiger partial charge in [-0.1, -0.05) is 13.0 Å². The van der Waals surface area contributed by atoms with E-state index in [-0.39, 0.29) is 17.8 Å². The van der Waals surface area contributed by atoms with E-state index in [0.29, 0.717) is 6.42 Å². The highest BCUT2D eigenvalue weighted by molar-refractivity contribution is 5.73. The lowest BCUT2D eigenvalue weighted by atomic mass is 9.82. The molecule has 0 aromatic rings. The first-order valence-corrected chi connectivity index (χ1v) is 4.37. The van der Waals surface area contributed by atoms with Crippen LogP contribution in [0.15, 0.2) is 11.6 Å². The average molecular weight is 179 g/mol. The van der Waals surface area contributed by atoms with Crippen molar-refractivity contribution in [3.8, 4) is 6.07 Å². The van der Waals surface area contributed by atoms with Crippen LogP contribution in [0.5, 0.6) is 0 Å². The molecule has 0 heterocycles. The number of carbonyl (C=O) groups is 1. The molecule has 0 spiro atoms. The van der Waals surface area contributed by atoms with Crippen molar-refractivity contribution in [2.45, 2.75) is 19.8 Å². The Kier molecular flexibility index (Phi) is 3.07. The first-order valence-electron chi connectivity index (χ1n) is 4.37. The molecule has 0 bridgehead atoms. The van der Waals surface area contributed by atoms with Gasteiger partial charge in [0, 0.05) is 5.57 Å². The van der Waals surface area contributed by atoms with E-state index < -0.39 is 0 Å². The molecule has 70 valence electrons. The second kappa shape index (κ2) is 4.08. The molecule has 0 saturated carbocycles. The Hall–Kier alpha value is -1.30. The van der Waals surface area contributed by atoms with E-state index in [0.717, 1.165) is 12.0 Å². The maximum Gasteiger partial charge on any atom is 0.309 e. The van der Waals surface area contributed by atoms with Gasteiger partial charge in [0.1, 0.15) is 0 Å². The smallest absolute Gasteiger partial charge is 0.309 e. The number of nitriles is 1.